The number of piperidine rings is 1. The molecule has 1 saturated carbocycles. The molecule has 1 amide bonds. The Hall–Kier alpha value is -2.38. The highest BCUT2D eigenvalue weighted by Gasteiger charge is 2.29. The number of oxazole rings is 1. The van der Waals surface area contributed by atoms with Crippen LogP contribution in [0.4, 0.5) is 0 Å². The van der Waals surface area contributed by atoms with Crippen LogP contribution in [0.1, 0.15) is 61.9 Å². The molecule has 2 aromatic rings. The fourth-order valence-electron chi connectivity index (χ4n) is 5.58. The molecule has 0 radical (unpaired) electrons. The number of hydrogen-bond acceptors (Lipinski definition) is 6. The first-order chi connectivity index (χ1) is 16.8. The van der Waals surface area contributed by atoms with E-state index >= 15 is 0 Å². The van der Waals surface area contributed by atoms with Crippen LogP contribution in [0.25, 0.3) is 11.5 Å². The Labute approximate surface area is 203 Å². The van der Waals surface area contributed by atoms with Gasteiger partial charge in [-0.25, -0.2) is 4.98 Å². The zero-order valence-corrected chi connectivity index (χ0v) is 20.3. The molecule has 1 aliphatic carbocycles. The fraction of sp³-hybridized carbons (Fsp3) is 0.630. The summed E-state index contributed by atoms with van der Waals surface area (Å²) >= 11 is 0. The number of aromatic nitrogens is 1. The summed E-state index contributed by atoms with van der Waals surface area (Å²) in [6, 6.07) is 8.51. The molecule has 34 heavy (non-hydrogen) atoms. The Morgan fingerprint density at radius 2 is 1.68 bits per heavy atom. The van der Waals surface area contributed by atoms with Crippen LogP contribution in [-0.4, -0.2) is 84.1 Å². The third kappa shape index (κ3) is 5.81. The largest absolute Gasteiger partial charge is 0.494 e. The molecular weight excluding hydrogens is 428 g/mol. The molecule has 2 aliphatic heterocycles. The number of hydrogen-bond donors (Lipinski definition) is 0. The molecule has 3 heterocycles. The number of rotatable bonds is 8. The second-order valence-corrected chi connectivity index (χ2v) is 9.93. The molecule has 0 unspecified atom stereocenters. The van der Waals surface area contributed by atoms with Crippen molar-refractivity contribution in [2.24, 2.45) is 0 Å². The van der Waals surface area contributed by atoms with Crippen LogP contribution >= 0.6 is 0 Å². The van der Waals surface area contributed by atoms with E-state index in [-0.39, 0.29) is 5.91 Å². The number of likely N-dealkylation sites (tertiary alicyclic amines) is 1. The van der Waals surface area contributed by atoms with Crippen LogP contribution in [0, 0.1) is 0 Å². The number of carbonyl (C=O) groups excluding carboxylic acids is 1. The summed E-state index contributed by atoms with van der Waals surface area (Å²) in [6.07, 6.45) is 11.9. The van der Waals surface area contributed by atoms with Gasteiger partial charge < -0.3 is 19.0 Å². The number of benzene rings is 1. The lowest BCUT2D eigenvalue weighted by Crippen LogP contribution is -2.51. The van der Waals surface area contributed by atoms with Gasteiger partial charge in [0.05, 0.1) is 6.61 Å². The summed E-state index contributed by atoms with van der Waals surface area (Å²) < 4.78 is 11.6. The Morgan fingerprint density at radius 3 is 2.41 bits per heavy atom. The van der Waals surface area contributed by atoms with Crippen molar-refractivity contribution in [1.82, 2.24) is 19.7 Å². The van der Waals surface area contributed by atoms with Gasteiger partial charge in [0, 0.05) is 44.3 Å². The molecule has 0 atom stereocenters. The zero-order valence-electron chi connectivity index (χ0n) is 20.3. The van der Waals surface area contributed by atoms with Crippen LogP contribution in [0.2, 0.25) is 0 Å². The lowest BCUT2D eigenvalue weighted by Gasteiger charge is -2.37. The SMILES string of the molecule is O=C(c1coc(-c2ccc(OCCCN3CCCCC3)cc2)n1)N1CCN(C2CCCC2)CC1. The van der Waals surface area contributed by atoms with Crippen molar-refractivity contribution < 1.29 is 13.9 Å². The average Bonchev–Trinajstić information content (AvgIpc) is 3.61. The van der Waals surface area contributed by atoms with Crippen LogP contribution < -0.4 is 4.74 Å². The highest BCUT2D eigenvalue weighted by Crippen LogP contribution is 2.25. The fourth-order valence-corrected chi connectivity index (χ4v) is 5.58. The van der Waals surface area contributed by atoms with E-state index in [4.69, 9.17) is 9.15 Å². The van der Waals surface area contributed by atoms with E-state index in [0.29, 0.717) is 11.6 Å². The molecule has 0 N–H and O–H groups in total. The summed E-state index contributed by atoms with van der Waals surface area (Å²) in [5.74, 6) is 1.30. The van der Waals surface area contributed by atoms with Gasteiger partial charge in [0.15, 0.2) is 5.69 Å². The lowest BCUT2D eigenvalue weighted by molar-refractivity contribution is 0.0568. The first-order valence-electron chi connectivity index (χ1n) is 13.2. The summed E-state index contributed by atoms with van der Waals surface area (Å²) in [4.78, 5) is 24.4. The minimum atomic E-state index is -0.0327. The van der Waals surface area contributed by atoms with Crippen LogP contribution in [0.15, 0.2) is 34.9 Å². The standard InChI is InChI=1S/C27H38N4O3/c32-27(31-18-16-30(17-19-31)23-7-2-3-8-23)25-21-34-26(28-25)22-9-11-24(12-10-22)33-20-6-15-29-13-4-1-5-14-29/h9-12,21,23H,1-8,13-20H2. The topological polar surface area (TPSA) is 62.1 Å². The number of nitrogens with zero attached hydrogens (tertiary/aromatic N) is 4. The van der Waals surface area contributed by atoms with Crippen molar-refractivity contribution in [3.8, 4) is 17.2 Å². The van der Waals surface area contributed by atoms with Gasteiger partial charge in [-0.3, -0.25) is 9.69 Å². The monoisotopic (exact) mass is 466 g/mol. The minimum Gasteiger partial charge on any atom is -0.494 e. The summed E-state index contributed by atoms with van der Waals surface area (Å²) in [7, 11) is 0. The van der Waals surface area contributed by atoms with Crippen LogP contribution in [0.3, 0.4) is 0 Å². The third-order valence-electron chi connectivity index (χ3n) is 7.60. The normalized spacial score (nSPS) is 20.6. The molecule has 184 valence electrons. The Bertz CT molecular complexity index is 908. The van der Waals surface area contributed by atoms with Crippen molar-refractivity contribution in [2.45, 2.75) is 57.4 Å². The van der Waals surface area contributed by atoms with Gasteiger partial charge in [-0.2, -0.15) is 0 Å². The Morgan fingerprint density at radius 1 is 0.941 bits per heavy atom. The summed E-state index contributed by atoms with van der Waals surface area (Å²) in [5.41, 5.74) is 1.24. The molecule has 3 fully saturated rings. The van der Waals surface area contributed by atoms with Gasteiger partial charge >= 0.3 is 0 Å². The minimum absolute atomic E-state index is 0.0327. The van der Waals surface area contributed by atoms with Crippen molar-refractivity contribution in [3.05, 3.63) is 36.2 Å². The second-order valence-electron chi connectivity index (χ2n) is 9.93. The first-order valence-corrected chi connectivity index (χ1v) is 13.2. The lowest BCUT2D eigenvalue weighted by atomic mass is 10.1. The van der Waals surface area contributed by atoms with Crippen molar-refractivity contribution in [2.75, 3.05) is 52.4 Å². The molecule has 2 saturated heterocycles. The number of ether oxygens (including phenoxy) is 1. The second kappa shape index (κ2) is 11.4. The molecule has 7 heteroatoms. The molecule has 3 aliphatic rings. The van der Waals surface area contributed by atoms with E-state index in [0.717, 1.165) is 63.1 Å². The molecule has 1 aromatic carbocycles. The predicted molar refractivity (Wildman–Crippen MR) is 132 cm³/mol. The third-order valence-corrected chi connectivity index (χ3v) is 7.60. The van der Waals surface area contributed by atoms with E-state index in [2.05, 4.69) is 14.8 Å². The average molecular weight is 467 g/mol. The van der Waals surface area contributed by atoms with Crippen molar-refractivity contribution in [3.63, 3.8) is 0 Å². The van der Waals surface area contributed by atoms with Crippen LogP contribution in [0.5, 0.6) is 5.75 Å². The molecular formula is C27H38N4O3. The quantitative estimate of drug-likeness (QED) is 0.541. The maximum Gasteiger partial charge on any atom is 0.275 e. The van der Waals surface area contributed by atoms with Gasteiger partial charge in [-0.15, -0.1) is 0 Å². The smallest absolute Gasteiger partial charge is 0.275 e. The zero-order chi connectivity index (χ0) is 23.2. The number of carbonyl (C=O) groups is 1. The van der Waals surface area contributed by atoms with Gasteiger partial charge in [0.2, 0.25) is 5.89 Å². The van der Waals surface area contributed by atoms with E-state index in [1.807, 2.05) is 29.2 Å². The molecule has 1 aromatic heterocycles. The maximum atomic E-state index is 12.9. The molecule has 7 nitrogen and oxygen atoms in total. The maximum absolute atomic E-state index is 12.9. The van der Waals surface area contributed by atoms with E-state index in [9.17, 15) is 4.79 Å². The Kier molecular flexibility index (Phi) is 7.81. The molecule has 0 spiro atoms. The van der Waals surface area contributed by atoms with Gasteiger partial charge in [0.1, 0.15) is 12.0 Å². The highest BCUT2D eigenvalue weighted by molar-refractivity contribution is 5.92. The summed E-state index contributed by atoms with van der Waals surface area (Å²) in [6.45, 7) is 7.74. The number of amides is 1. The van der Waals surface area contributed by atoms with Gasteiger partial charge in [-0.05, 0) is 69.5 Å². The van der Waals surface area contributed by atoms with Gasteiger partial charge in [0.25, 0.3) is 5.91 Å². The highest BCUT2D eigenvalue weighted by atomic mass is 16.5. The van der Waals surface area contributed by atoms with Gasteiger partial charge in [-0.1, -0.05) is 19.3 Å². The van der Waals surface area contributed by atoms with Crippen molar-refractivity contribution in [1.29, 1.82) is 0 Å². The number of piperazine rings is 1. The first kappa shape index (κ1) is 23.4. The van der Waals surface area contributed by atoms with E-state index < -0.39 is 0 Å². The molecule has 0 bridgehead atoms. The molecule has 5 rings (SSSR count). The van der Waals surface area contributed by atoms with Crippen molar-refractivity contribution >= 4 is 5.91 Å². The summed E-state index contributed by atoms with van der Waals surface area (Å²) in [5, 5.41) is 0. The van der Waals surface area contributed by atoms with E-state index in [1.165, 1.54) is 64.3 Å². The predicted octanol–water partition coefficient (Wildman–Crippen LogP) is 4.30. The van der Waals surface area contributed by atoms with Crippen LogP contribution in [-0.2, 0) is 0 Å². The van der Waals surface area contributed by atoms with E-state index in [1.54, 1.807) is 0 Å². The Balaban J connectivity index is 1.08.